The molecule has 0 aliphatic carbocycles. The number of hydrogen-bond acceptors (Lipinski definition) is 4. The van der Waals surface area contributed by atoms with Crippen molar-refractivity contribution in [3.63, 3.8) is 0 Å². The summed E-state index contributed by atoms with van der Waals surface area (Å²) in [7, 11) is 0. The van der Waals surface area contributed by atoms with Crippen molar-refractivity contribution >= 4 is 40.3 Å². The molecule has 2 rings (SSSR count). The molecular formula is C12H9Cl2N3O. The van der Waals surface area contributed by atoms with Gasteiger partial charge in [-0.3, -0.25) is 0 Å². The Bertz CT molecular complexity index is 574. The van der Waals surface area contributed by atoms with Crippen molar-refractivity contribution in [3.05, 3.63) is 46.4 Å². The number of nitrogens with two attached hydrogens (primary N) is 1. The molecule has 3 N–H and O–H groups in total. The molecule has 0 radical (unpaired) electrons. The molecule has 0 saturated heterocycles. The number of benzene rings is 2. The number of anilines is 1. The van der Waals surface area contributed by atoms with Crippen molar-refractivity contribution < 1.29 is 5.11 Å². The first kappa shape index (κ1) is 12.7. The second-order valence-corrected chi connectivity index (χ2v) is 4.36. The van der Waals surface area contributed by atoms with E-state index in [9.17, 15) is 5.11 Å². The number of phenolic OH excluding ortho intramolecular Hbond substituents is 1. The predicted molar refractivity (Wildman–Crippen MR) is 73.2 cm³/mol. The highest BCUT2D eigenvalue weighted by Gasteiger charge is 2.07. The molecule has 0 unspecified atom stereocenters. The topological polar surface area (TPSA) is 71.0 Å². The van der Waals surface area contributed by atoms with Crippen molar-refractivity contribution in [2.75, 3.05) is 5.73 Å². The number of nitrogens with zero attached hydrogens (tertiary/aromatic N) is 2. The second kappa shape index (κ2) is 5.25. The van der Waals surface area contributed by atoms with Crippen LogP contribution in [0, 0.1) is 0 Å². The van der Waals surface area contributed by atoms with E-state index in [2.05, 4.69) is 10.2 Å². The first-order valence-corrected chi connectivity index (χ1v) is 5.77. The van der Waals surface area contributed by atoms with E-state index in [0.717, 1.165) is 0 Å². The maximum Gasteiger partial charge on any atom is 0.123 e. The van der Waals surface area contributed by atoms with Crippen LogP contribution >= 0.6 is 23.2 Å². The maximum absolute atomic E-state index is 9.28. The number of phenols is 1. The van der Waals surface area contributed by atoms with Crippen LogP contribution in [0.1, 0.15) is 0 Å². The van der Waals surface area contributed by atoms with Gasteiger partial charge in [0.25, 0.3) is 0 Å². The monoisotopic (exact) mass is 281 g/mol. The Hall–Kier alpha value is -1.78. The highest BCUT2D eigenvalue weighted by Crippen LogP contribution is 2.37. The van der Waals surface area contributed by atoms with Gasteiger partial charge in [0, 0.05) is 17.8 Å². The van der Waals surface area contributed by atoms with Crippen molar-refractivity contribution in [3.8, 4) is 5.75 Å². The molecule has 4 nitrogen and oxygen atoms in total. The smallest absolute Gasteiger partial charge is 0.123 e. The molecule has 0 aromatic heterocycles. The highest BCUT2D eigenvalue weighted by atomic mass is 35.5. The highest BCUT2D eigenvalue weighted by molar-refractivity contribution is 6.38. The molecule has 0 aliphatic rings. The van der Waals surface area contributed by atoms with Crippen molar-refractivity contribution in [2.24, 2.45) is 10.2 Å². The molecule has 0 amide bonds. The summed E-state index contributed by atoms with van der Waals surface area (Å²) in [5.41, 5.74) is 7.15. The Kier molecular flexibility index (Phi) is 3.69. The van der Waals surface area contributed by atoms with Crippen molar-refractivity contribution in [2.45, 2.75) is 0 Å². The molecule has 0 spiro atoms. The molecule has 6 heteroatoms. The van der Waals surface area contributed by atoms with Crippen molar-refractivity contribution in [1.29, 1.82) is 0 Å². The average Bonchev–Trinajstić information content (AvgIpc) is 2.30. The molecular weight excluding hydrogens is 273 g/mol. The standard InChI is InChI=1S/C12H9Cl2N3O/c13-10-5-9(18)6-11(14)12(10)17-16-8-3-1-7(15)2-4-8/h1-6,18H,15H2. The molecule has 92 valence electrons. The van der Waals surface area contributed by atoms with E-state index in [0.29, 0.717) is 17.1 Å². The number of hydrogen-bond donors (Lipinski definition) is 2. The summed E-state index contributed by atoms with van der Waals surface area (Å²) in [6.45, 7) is 0. The van der Waals surface area contributed by atoms with Crippen LogP contribution in [0.4, 0.5) is 17.1 Å². The van der Waals surface area contributed by atoms with Crippen LogP contribution in [0.3, 0.4) is 0 Å². The van der Waals surface area contributed by atoms with Gasteiger partial charge in [-0.05, 0) is 24.3 Å². The third-order valence-electron chi connectivity index (χ3n) is 2.16. The quantitative estimate of drug-likeness (QED) is 0.619. The van der Waals surface area contributed by atoms with Crippen LogP contribution in [0.15, 0.2) is 46.6 Å². The van der Waals surface area contributed by atoms with Gasteiger partial charge in [-0.15, -0.1) is 5.11 Å². The van der Waals surface area contributed by atoms with E-state index in [4.69, 9.17) is 28.9 Å². The summed E-state index contributed by atoms with van der Waals surface area (Å²) in [6, 6.07) is 9.58. The number of rotatable bonds is 2. The van der Waals surface area contributed by atoms with Gasteiger partial charge in [-0.1, -0.05) is 23.2 Å². The maximum atomic E-state index is 9.28. The second-order valence-electron chi connectivity index (χ2n) is 3.55. The van der Waals surface area contributed by atoms with E-state index in [1.807, 2.05) is 0 Å². The molecule has 18 heavy (non-hydrogen) atoms. The lowest BCUT2D eigenvalue weighted by Gasteiger charge is -2.01. The number of aromatic hydroxyl groups is 1. The lowest BCUT2D eigenvalue weighted by Crippen LogP contribution is -1.80. The van der Waals surface area contributed by atoms with Gasteiger partial charge in [-0.2, -0.15) is 5.11 Å². The minimum Gasteiger partial charge on any atom is -0.508 e. The number of azo groups is 1. The molecule has 0 aliphatic heterocycles. The summed E-state index contributed by atoms with van der Waals surface area (Å²) in [4.78, 5) is 0. The first-order valence-electron chi connectivity index (χ1n) is 5.01. The van der Waals surface area contributed by atoms with Crippen LogP contribution in [0.5, 0.6) is 5.75 Å². The Balaban J connectivity index is 2.31. The summed E-state index contributed by atoms with van der Waals surface area (Å²) in [5, 5.41) is 17.7. The third kappa shape index (κ3) is 2.91. The first-order chi connectivity index (χ1) is 8.56. The lowest BCUT2D eigenvalue weighted by molar-refractivity contribution is 0.475. The van der Waals surface area contributed by atoms with Crippen LogP contribution in [-0.4, -0.2) is 5.11 Å². The molecule has 2 aromatic rings. The van der Waals surface area contributed by atoms with Gasteiger partial charge < -0.3 is 10.8 Å². The Morgan fingerprint density at radius 1 is 0.944 bits per heavy atom. The van der Waals surface area contributed by atoms with Gasteiger partial charge in [0.2, 0.25) is 0 Å². The van der Waals surface area contributed by atoms with Crippen LogP contribution < -0.4 is 5.73 Å². The lowest BCUT2D eigenvalue weighted by atomic mass is 10.3. The van der Waals surface area contributed by atoms with Crippen LogP contribution in [0.2, 0.25) is 10.0 Å². The summed E-state index contributed by atoms with van der Waals surface area (Å²) >= 11 is 11.8. The molecule has 0 heterocycles. The van der Waals surface area contributed by atoms with Crippen LogP contribution in [-0.2, 0) is 0 Å². The van der Waals surface area contributed by atoms with E-state index >= 15 is 0 Å². The van der Waals surface area contributed by atoms with Gasteiger partial charge in [0.15, 0.2) is 0 Å². The van der Waals surface area contributed by atoms with E-state index in [1.54, 1.807) is 24.3 Å². The zero-order chi connectivity index (χ0) is 13.1. The number of halogens is 2. The molecule has 0 atom stereocenters. The predicted octanol–water partition coefficient (Wildman–Crippen LogP) is 4.70. The molecule has 0 fully saturated rings. The third-order valence-corrected chi connectivity index (χ3v) is 2.74. The van der Waals surface area contributed by atoms with E-state index in [-0.39, 0.29) is 15.8 Å². The van der Waals surface area contributed by atoms with Crippen molar-refractivity contribution in [1.82, 2.24) is 0 Å². The molecule has 0 saturated carbocycles. The Morgan fingerprint density at radius 3 is 2.06 bits per heavy atom. The fourth-order valence-corrected chi connectivity index (χ4v) is 1.85. The minimum atomic E-state index is -0.0172. The SMILES string of the molecule is Nc1ccc(N=Nc2c(Cl)cc(O)cc2Cl)cc1. The minimum absolute atomic E-state index is 0.0172. The van der Waals surface area contributed by atoms with Gasteiger partial charge in [0.1, 0.15) is 11.4 Å². The molecule has 2 aromatic carbocycles. The van der Waals surface area contributed by atoms with E-state index < -0.39 is 0 Å². The fourth-order valence-electron chi connectivity index (χ4n) is 1.30. The summed E-state index contributed by atoms with van der Waals surface area (Å²) in [5.74, 6) is -0.0172. The van der Waals surface area contributed by atoms with Crippen LogP contribution in [0.25, 0.3) is 0 Å². The average molecular weight is 282 g/mol. The normalized spacial score (nSPS) is 11.0. The fraction of sp³-hybridized carbons (Fsp3) is 0. The summed E-state index contributed by atoms with van der Waals surface area (Å²) in [6.07, 6.45) is 0. The van der Waals surface area contributed by atoms with Gasteiger partial charge >= 0.3 is 0 Å². The largest absolute Gasteiger partial charge is 0.508 e. The zero-order valence-electron chi connectivity index (χ0n) is 9.14. The van der Waals surface area contributed by atoms with Gasteiger partial charge in [-0.25, -0.2) is 0 Å². The van der Waals surface area contributed by atoms with E-state index in [1.165, 1.54) is 12.1 Å². The van der Waals surface area contributed by atoms with Gasteiger partial charge in [0.05, 0.1) is 15.7 Å². The summed E-state index contributed by atoms with van der Waals surface area (Å²) < 4.78 is 0. The number of nitrogen functional groups attached to an aromatic ring is 1. The Morgan fingerprint density at radius 2 is 1.50 bits per heavy atom. The Labute approximate surface area is 114 Å². The molecule has 0 bridgehead atoms. The zero-order valence-corrected chi connectivity index (χ0v) is 10.7.